The zero-order chi connectivity index (χ0) is 19.1. The molecule has 0 aliphatic rings. The van der Waals surface area contributed by atoms with Gasteiger partial charge in [-0.15, -0.1) is 0 Å². The fourth-order valence-corrected chi connectivity index (χ4v) is 2.46. The van der Waals surface area contributed by atoms with E-state index in [0.29, 0.717) is 12.3 Å². The van der Waals surface area contributed by atoms with Crippen molar-refractivity contribution in [2.24, 2.45) is 5.73 Å². The van der Waals surface area contributed by atoms with Crippen molar-refractivity contribution in [3.8, 4) is 11.5 Å². The van der Waals surface area contributed by atoms with Gasteiger partial charge in [0, 0.05) is 18.9 Å². The molecule has 138 valence electrons. The maximum absolute atomic E-state index is 14.3. The van der Waals surface area contributed by atoms with Gasteiger partial charge in [0.25, 0.3) is 5.91 Å². The monoisotopic (exact) mass is 366 g/mol. The summed E-state index contributed by atoms with van der Waals surface area (Å²) in [7, 11) is 0. The molecular weight excluding hydrogens is 347 g/mol. The first kappa shape index (κ1) is 18.5. The minimum atomic E-state index is -0.631. The van der Waals surface area contributed by atoms with Crippen LogP contribution in [0.25, 0.3) is 0 Å². The highest BCUT2D eigenvalue weighted by Crippen LogP contribution is 2.24. The summed E-state index contributed by atoms with van der Waals surface area (Å²) in [5.74, 6) is -0.697. The highest BCUT2D eigenvalue weighted by molar-refractivity contribution is 5.90. The Morgan fingerprint density at radius 3 is 2.70 bits per heavy atom. The van der Waals surface area contributed by atoms with E-state index < -0.39 is 11.7 Å². The average molecular weight is 366 g/mol. The number of nitrogens with one attached hydrogen (secondary N) is 1. The van der Waals surface area contributed by atoms with Crippen molar-refractivity contribution in [2.75, 3.05) is 6.54 Å². The number of amides is 1. The van der Waals surface area contributed by atoms with Crippen molar-refractivity contribution in [3.05, 3.63) is 83.7 Å². The molecule has 0 aliphatic carbocycles. The van der Waals surface area contributed by atoms with Gasteiger partial charge in [-0.2, -0.15) is 0 Å². The van der Waals surface area contributed by atoms with Crippen LogP contribution in [0.1, 0.15) is 21.6 Å². The molecule has 3 rings (SSSR count). The lowest BCUT2D eigenvalue weighted by Gasteiger charge is -2.09. The summed E-state index contributed by atoms with van der Waals surface area (Å²) < 4.78 is 19.7. The van der Waals surface area contributed by atoms with Gasteiger partial charge in [0.15, 0.2) is 11.6 Å². The molecule has 0 saturated carbocycles. The highest BCUT2D eigenvalue weighted by atomic mass is 19.1. The molecule has 7 heteroatoms. The lowest BCUT2D eigenvalue weighted by atomic mass is 10.2. The van der Waals surface area contributed by atoms with E-state index >= 15 is 0 Å². The topological polar surface area (TPSA) is 90.1 Å². The first-order valence-electron chi connectivity index (χ1n) is 8.43. The van der Waals surface area contributed by atoms with Gasteiger partial charge in [0.05, 0.1) is 6.20 Å². The molecule has 0 saturated heterocycles. The number of carbonyl (C=O) groups is 1. The molecule has 6 nitrogen and oxygen atoms in total. The maximum Gasteiger partial charge on any atom is 0.267 e. The molecule has 2 aromatic heterocycles. The van der Waals surface area contributed by atoms with Gasteiger partial charge < -0.3 is 15.8 Å². The standard InChI is InChI=1S/C20H19FN4O2/c21-17-10-15(12-24-9-7-14-2-1-8-23-11-14)3-6-19(17)27-16-4-5-18(20(22)26)25-13-16/h1-6,8,10-11,13,24H,7,9,12H2,(H2,22,26). The number of carbonyl (C=O) groups excluding carboxylic acids is 1. The van der Waals surface area contributed by atoms with Gasteiger partial charge in [-0.1, -0.05) is 12.1 Å². The Morgan fingerprint density at radius 2 is 2.04 bits per heavy atom. The number of hydrogen-bond acceptors (Lipinski definition) is 5. The van der Waals surface area contributed by atoms with Crippen molar-refractivity contribution < 1.29 is 13.9 Å². The molecule has 27 heavy (non-hydrogen) atoms. The fraction of sp³-hybridized carbons (Fsp3) is 0.150. The summed E-state index contributed by atoms with van der Waals surface area (Å²) in [6.07, 6.45) is 5.75. The SMILES string of the molecule is NC(=O)c1ccc(Oc2ccc(CNCCc3cccnc3)cc2F)cn1. The third-order valence-corrected chi connectivity index (χ3v) is 3.86. The molecular formula is C20H19FN4O2. The summed E-state index contributed by atoms with van der Waals surface area (Å²) in [5.41, 5.74) is 7.21. The van der Waals surface area contributed by atoms with Crippen molar-refractivity contribution in [1.82, 2.24) is 15.3 Å². The van der Waals surface area contributed by atoms with Crippen LogP contribution in [0, 0.1) is 5.82 Å². The Labute approximate surface area is 156 Å². The van der Waals surface area contributed by atoms with Crippen molar-refractivity contribution in [1.29, 1.82) is 0 Å². The van der Waals surface area contributed by atoms with Crippen LogP contribution in [0.4, 0.5) is 4.39 Å². The van der Waals surface area contributed by atoms with Gasteiger partial charge in [0.2, 0.25) is 0 Å². The van der Waals surface area contributed by atoms with Crippen LogP contribution in [-0.2, 0) is 13.0 Å². The van der Waals surface area contributed by atoms with Gasteiger partial charge in [-0.25, -0.2) is 9.37 Å². The number of halogens is 1. The Balaban J connectivity index is 1.53. The smallest absolute Gasteiger partial charge is 0.267 e. The molecule has 3 aromatic rings. The summed E-state index contributed by atoms with van der Waals surface area (Å²) in [4.78, 5) is 18.9. The van der Waals surface area contributed by atoms with E-state index in [1.807, 2.05) is 18.3 Å². The van der Waals surface area contributed by atoms with E-state index in [1.54, 1.807) is 18.3 Å². The molecule has 0 bridgehead atoms. The molecule has 0 unspecified atom stereocenters. The number of primary amides is 1. The maximum atomic E-state index is 14.3. The molecule has 1 aromatic carbocycles. The van der Waals surface area contributed by atoms with Gasteiger partial charge >= 0.3 is 0 Å². The number of rotatable bonds is 8. The van der Waals surface area contributed by atoms with Crippen LogP contribution >= 0.6 is 0 Å². The highest BCUT2D eigenvalue weighted by Gasteiger charge is 2.08. The van der Waals surface area contributed by atoms with Crippen LogP contribution in [0.5, 0.6) is 11.5 Å². The molecule has 0 atom stereocenters. The third-order valence-electron chi connectivity index (χ3n) is 3.86. The molecule has 3 N–H and O–H groups in total. The Kier molecular flexibility index (Phi) is 6.06. The first-order valence-corrected chi connectivity index (χ1v) is 8.43. The van der Waals surface area contributed by atoms with Gasteiger partial charge in [-0.05, 0) is 54.4 Å². The Hall–Kier alpha value is -3.32. The van der Waals surface area contributed by atoms with Crippen LogP contribution in [0.15, 0.2) is 61.1 Å². The van der Waals surface area contributed by atoms with Crippen LogP contribution in [0.3, 0.4) is 0 Å². The van der Waals surface area contributed by atoms with Gasteiger partial charge in [0.1, 0.15) is 11.4 Å². The summed E-state index contributed by atoms with van der Waals surface area (Å²) in [6, 6.07) is 11.6. The zero-order valence-electron chi connectivity index (χ0n) is 14.6. The van der Waals surface area contributed by atoms with E-state index in [0.717, 1.165) is 24.1 Å². The van der Waals surface area contributed by atoms with Gasteiger partial charge in [-0.3, -0.25) is 9.78 Å². The minimum Gasteiger partial charge on any atom is -0.453 e. The number of ether oxygens (including phenoxy) is 1. The second-order valence-corrected chi connectivity index (χ2v) is 5.90. The number of benzene rings is 1. The average Bonchev–Trinajstić information content (AvgIpc) is 2.68. The second kappa shape index (κ2) is 8.86. The fourth-order valence-electron chi connectivity index (χ4n) is 2.46. The summed E-state index contributed by atoms with van der Waals surface area (Å²) >= 11 is 0. The normalized spacial score (nSPS) is 10.6. The number of pyridine rings is 2. The third kappa shape index (κ3) is 5.32. The minimum absolute atomic E-state index is 0.0859. The molecule has 0 aliphatic heterocycles. The largest absolute Gasteiger partial charge is 0.453 e. The Morgan fingerprint density at radius 1 is 1.15 bits per heavy atom. The van der Waals surface area contributed by atoms with E-state index in [9.17, 15) is 9.18 Å². The Bertz CT molecular complexity index is 902. The number of nitrogens with zero attached hydrogens (tertiary/aromatic N) is 2. The lowest BCUT2D eigenvalue weighted by molar-refractivity contribution is 0.0995. The second-order valence-electron chi connectivity index (χ2n) is 5.90. The predicted molar refractivity (Wildman–Crippen MR) is 98.9 cm³/mol. The van der Waals surface area contributed by atoms with E-state index in [-0.39, 0.29) is 11.4 Å². The van der Waals surface area contributed by atoms with Crippen molar-refractivity contribution in [3.63, 3.8) is 0 Å². The number of nitrogens with two attached hydrogens (primary N) is 1. The summed E-state index contributed by atoms with van der Waals surface area (Å²) in [6.45, 7) is 1.32. The lowest BCUT2D eigenvalue weighted by Crippen LogP contribution is -2.16. The molecule has 1 amide bonds. The van der Waals surface area contributed by atoms with E-state index in [2.05, 4.69) is 15.3 Å². The summed E-state index contributed by atoms with van der Waals surface area (Å²) in [5, 5.41) is 3.27. The van der Waals surface area contributed by atoms with Crippen molar-refractivity contribution >= 4 is 5.91 Å². The quantitative estimate of drug-likeness (QED) is 0.598. The van der Waals surface area contributed by atoms with Crippen molar-refractivity contribution in [2.45, 2.75) is 13.0 Å². The molecule has 0 fully saturated rings. The first-order chi connectivity index (χ1) is 13.1. The molecule has 2 heterocycles. The van der Waals surface area contributed by atoms with Crippen LogP contribution in [0.2, 0.25) is 0 Å². The van der Waals surface area contributed by atoms with Crippen LogP contribution < -0.4 is 15.8 Å². The van der Waals surface area contributed by atoms with E-state index in [4.69, 9.17) is 10.5 Å². The molecule has 0 spiro atoms. The van der Waals surface area contributed by atoms with E-state index in [1.165, 1.54) is 24.4 Å². The number of aromatic nitrogens is 2. The predicted octanol–water partition coefficient (Wildman–Crippen LogP) is 2.84. The van der Waals surface area contributed by atoms with Crippen LogP contribution in [-0.4, -0.2) is 22.4 Å². The number of hydrogen-bond donors (Lipinski definition) is 2. The zero-order valence-corrected chi connectivity index (χ0v) is 14.6. The molecule has 0 radical (unpaired) electrons.